The van der Waals surface area contributed by atoms with Crippen LogP contribution >= 0.6 is 11.6 Å². The Balaban J connectivity index is 1.51. The number of nitrogens with one attached hydrogen (secondary N) is 2. The molecule has 1 aliphatic carbocycles. The molecule has 1 aromatic carbocycles. The molecule has 1 saturated heterocycles. The van der Waals surface area contributed by atoms with Crippen molar-refractivity contribution in [3.63, 3.8) is 0 Å². The van der Waals surface area contributed by atoms with Crippen molar-refractivity contribution in [2.45, 2.75) is 37.6 Å². The van der Waals surface area contributed by atoms with E-state index in [4.69, 9.17) is 11.6 Å². The number of urea groups is 1. The second-order valence-corrected chi connectivity index (χ2v) is 6.79. The lowest BCUT2D eigenvalue weighted by molar-refractivity contribution is -0.131. The lowest BCUT2D eigenvalue weighted by atomic mass is 9.98. The van der Waals surface area contributed by atoms with Crippen LogP contribution in [0.15, 0.2) is 18.2 Å². The highest BCUT2D eigenvalue weighted by Gasteiger charge is 2.51. The molecule has 6 nitrogen and oxygen atoms in total. The van der Waals surface area contributed by atoms with Crippen molar-refractivity contribution < 1.29 is 18.8 Å². The quantitative estimate of drug-likeness (QED) is 0.620. The first-order valence-electron chi connectivity index (χ1n) is 8.31. The molecule has 2 aliphatic rings. The van der Waals surface area contributed by atoms with Gasteiger partial charge in [-0.15, -0.1) is 0 Å². The van der Waals surface area contributed by atoms with E-state index >= 15 is 0 Å². The Morgan fingerprint density at radius 1 is 1.32 bits per heavy atom. The van der Waals surface area contributed by atoms with Gasteiger partial charge in [-0.1, -0.05) is 30.5 Å². The maximum atomic E-state index is 13.7. The fourth-order valence-electron chi connectivity index (χ4n) is 3.44. The molecular formula is C17H19ClFN3O3. The minimum absolute atomic E-state index is 0.0368. The second kappa shape index (κ2) is 7.00. The number of benzene rings is 1. The van der Waals surface area contributed by atoms with Crippen LogP contribution in [0.1, 0.15) is 42.5 Å². The minimum Gasteiger partial charge on any atom is -0.352 e. The van der Waals surface area contributed by atoms with Crippen LogP contribution in [0.3, 0.4) is 0 Å². The van der Waals surface area contributed by atoms with Gasteiger partial charge < -0.3 is 10.6 Å². The third-order valence-corrected chi connectivity index (χ3v) is 5.05. The van der Waals surface area contributed by atoms with Crippen molar-refractivity contribution in [3.05, 3.63) is 34.6 Å². The fourth-order valence-corrected chi connectivity index (χ4v) is 3.69. The molecule has 0 aromatic heterocycles. The van der Waals surface area contributed by atoms with Crippen molar-refractivity contribution in [2.24, 2.45) is 0 Å². The molecule has 1 aromatic rings. The SMILES string of the molecule is O=C(NCCCN1C(=O)NC2(CCCC2)C1=O)c1c(F)cccc1Cl. The maximum absolute atomic E-state index is 13.7. The monoisotopic (exact) mass is 367 g/mol. The Bertz CT molecular complexity index is 699. The molecule has 8 heteroatoms. The lowest BCUT2D eigenvalue weighted by Gasteiger charge is -2.20. The first kappa shape index (κ1) is 17.7. The molecule has 4 amide bonds. The highest BCUT2D eigenvalue weighted by Crippen LogP contribution is 2.34. The highest BCUT2D eigenvalue weighted by molar-refractivity contribution is 6.33. The zero-order chi connectivity index (χ0) is 18.0. The van der Waals surface area contributed by atoms with Gasteiger partial charge in [0.25, 0.3) is 11.8 Å². The molecular weight excluding hydrogens is 349 g/mol. The zero-order valence-corrected chi connectivity index (χ0v) is 14.4. The van der Waals surface area contributed by atoms with Crippen molar-refractivity contribution in [2.75, 3.05) is 13.1 Å². The van der Waals surface area contributed by atoms with E-state index in [9.17, 15) is 18.8 Å². The van der Waals surface area contributed by atoms with E-state index < -0.39 is 17.3 Å². The van der Waals surface area contributed by atoms with Gasteiger partial charge in [0.15, 0.2) is 0 Å². The smallest absolute Gasteiger partial charge is 0.325 e. The van der Waals surface area contributed by atoms with Gasteiger partial charge in [0.1, 0.15) is 11.4 Å². The Morgan fingerprint density at radius 3 is 2.72 bits per heavy atom. The second-order valence-electron chi connectivity index (χ2n) is 6.38. The number of hydrogen-bond donors (Lipinski definition) is 2. The molecule has 2 fully saturated rings. The zero-order valence-electron chi connectivity index (χ0n) is 13.6. The summed E-state index contributed by atoms with van der Waals surface area (Å²) in [7, 11) is 0. The number of nitrogens with zero attached hydrogens (tertiary/aromatic N) is 1. The number of halogens is 2. The number of amides is 4. The number of hydrogen-bond acceptors (Lipinski definition) is 3. The summed E-state index contributed by atoms with van der Waals surface area (Å²) in [5.41, 5.74) is -0.926. The fraction of sp³-hybridized carbons (Fsp3) is 0.471. The Hall–Kier alpha value is -2.15. The van der Waals surface area contributed by atoms with E-state index in [1.54, 1.807) is 0 Å². The van der Waals surface area contributed by atoms with E-state index in [0.717, 1.165) is 18.9 Å². The third-order valence-electron chi connectivity index (χ3n) is 4.74. The van der Waals surface area contributed by atoms with Gasteiger partial charge in [0.05, 0.1) is 10.6 Å². The Morgan fingerprint density at radius 2 is 2.04 bits per heavy atom. The standard InChI is InChI=1S/C17H19ClFN3O3/c18-11-5-3-6-12(19)13(11)14(23)20-9-4-10-22-15(24)17(21-16(22)25)7-1-2-8-17/h3,5-6H,1-2,4,7-10H2,(H,20,23)(H,21,25). The predicted molar refractivity (Wildman–Crippen MR) is 89.8 cm³/mol. The summed E-state index contributed by atoms with van der Waals surface area (Å²) in [6.45, 7) is 0.408. The molecule has 0 radical (unpaired) electrons. The molecule has 1 heterocycles. The first-order chi connectivity index (χ1) is 11.9. The topological polar surface area (TPSA) is 78.5 Å². The highest BCUT2D eigenvalue weighted by atomic mass is 35.5. The first-order valence-corrected chi connectivity index (χ1v) is 8.69. The summed E-state index contributed by atoms with van der Waals surface area (Å²) in [6.07, 6.45) is 3.60. The average Bonchev–Trinajstić information content (AvgIpc) is 3.11. The predicted octanol–water partition coefficient (Wildman–Crippen LogP) is 2.46. The molecule has 0 atom stereocenters. The Labute approximate surface area is 149 Å². The summed E-state index contributed by atoms with van der Waals surface area (Å²) in [5, 5.41) is 5.40. The largest absolute Gasteiger partial charge is 0.352 e. The molecule has 1 aliphatic heterocycles. The molecule has 3 rings (SSSR count). The number of carbonyl (C=O) groups excluding carboxylic acids is 3. The van der Waals surface area contributed by atoms with Gasteiger partial charge in [0, 0.05) is 13.1 Å². The summed E-state index contributed by atoms with van der Waals surface area (Å²) >= 11 is 5.84. The summed E-state index contributed by atoms with van der Waals surface area (Å²) in [6, 6.07) is 3.64. The van der Waals surface area contributed by atoms with Crippen molar-refractivity contribution in [3.8, 4) is 0 Å². The normalized spacial score (nSPS) is 18.7. The van der Waals surface area contributed by atoms with Crippen LogP contribution in [-0.2, 0) is 4.79 Å². The number of rotatable bonds is 5. The summed E-state index contributed by atoms with van der Waals surface area (Å²) in [4.78, 5) is 37.7. The van der Waals surface area contributed by atoms with Crippen LogP contribution in [0.5, 0.6) is 0 Å². The summed E-state index contributed by atoms with van der Waals surface area (Å²) in [5.74, 6) is -1.49. The van der Waals surface area contributed by atoms with Crippen LogP contribution in [0.4, 0.5) is 9.18 Å². The molecule has 25 heavy (non-hydrogen) atoms. The molecule has 0 bridgehead atoms. The lowest BCUT2D eigenvalue weighted by Crippen LogP contribution is -2.44. The van der Waals surface area contributed by atoms with Crippen LogP contribution in [-0.4, -0.2) is 41.4 Å². The van der Waals surface area contributed by atoms with Gasteiger partial charge in [0.2, 0.25) is 0 Å². The van der Waals surface area contributed by atoms with Crippen LogP contribution < -0.4 is 10.6 Å². The van der Waals surface area contributed by atoms with E-state index in [0.29, 0.717) is 19.3 Å². The van der Waals surface area contributed by atoms with Crippen LogP contribution in [0, 0.1) is 5.82 Å². The number of imide groups is 1. The van der Waals surface area contributed by atoms with Gasteiger partial charge in [-0.05, 0) is 31.4 Å². The van der Waals surface area contributed by atoms with Gasteiger partial charge in [-0.2, -0.15) is 0 Å². The van der Waals surface area contributed by atoms with E-state index in [1.165, 1.54) is 17.0 Å². The molecule has 134 valence electrons. The van der Waals surface area contributed by atoms with Gasteiger partial charge in [-0.25, -0.2) is 9.18 Å². The average molecular weight is 368 g/mol. The molecule has 1 spiro atoms. The summed E-state index contributed by atoms with van der Waals surface area (Å²) < 4.78 is 13.7. The van der Waals surface area contributed by atoms with Crippen molar-refractivity contribution >= 4 is 29.4 Å². The Kier molecular flexibility index (Phi) is 4.94. The van der Waals surface area contributed by atoms with Crippen LogP contribution in [0.25, 0.3) is 0 Å². The van der Waals surface area contributed by atoms with Crippen molar-refractivity contribution in [1.82, 2.24) is 15.5 Å². The molecule has 0 unspecified atom stereocenters. The minimum atomic E-state index is -0.721. The molecule has 1 saturated carbocycles. The van der Waals surface area contributed by atoms with Gasteiger partial charge >= 0.3 is 6.03 Å². The van der Waals surface area contributed by atoms with Gasteiger partial charge in [-0.3, -0.25) is 14.5 Å². The van der Waals surface area contributed by atoms with Crippen molar-refractivity contribution in [1.29, 1.82) is 0 Å². The maximum Gasteiger partial charge on any atom is 0.325 e. The molecule has 2 N–H and O–H groups in total. The van der Waals surface area contributed by atoms with E-state index in [2.05, 4.69) is 10.6 Å². The van der Waals surface area contributed by atoms with Crippen LogP contribution in [0.2, 0.25) is 5.02 Å². The third kappa shape index (κ3) is 3.33. The van der Waals surface area contributed by atoms with E-state index in [-0.39, 0.29) is 35.6 Å². The number of carbonyl (C=O) groups is 3. The van der Waals surface area contributed by atoms with E-state index in [1.807, 2.05) is 0 Å².